The van der Waals surface area contributed by atoms with Gasteiger partial charge in [-0.05, 0) is 37.3 Å². The number of fused-ring (bicyclic) bond motifs is 3. The number of carbonyl (C=O) groups is 1. The molecule has 3 N–H and O–H groups in total. The van der Waals surface area contributed by atoms with Gasteiger partial charge in [-0.3, -0.25) is 0 Å². The second kappa shape index (κ2) is 8.73. The molecule has 0 aliphatic heterocycles. The number of nitrogens with one attached hydrogen (secondary N) is 1. The van der Waals surface area contributed by atoms with E-state index in [0.29, 0.717) is 22.6 Å². The number of nitrogens with zero attached hydrogens (tertiary/aromatic N) is 1. The van der Waals surface area contributed by atoms with Crippen LogP contribution in [0.25, 0.3) is 21.0 Å². The van der Waals surface area contributed by atoms with Crippen molar-refractivity contribution in [3.05, 3.63) is 59.5 Å². The fraction of sp³-hybridized carbons (Fsp3) is 0.182. The standard InChI is InChI=1S/C22H21N3O5S2/c1-13(23)12-24-20-19-15-8-11-18(30-32(27,28)14-6-4-3-5-7-14)25-16(15)9-10-17(19)31-21(20)22(26)29-2/h3-11,13,24H,12,23H2,1-2H3/t13-/m0/s1. The fourth-order valence-electron chi connectivity index (χ4n) is 3.25. The number of esters is 1. The molecule has 4 aromatic rings. The monoisotopic (exact) mass is 471 g/mol. The number of thiophene rings is 1. The smallest absolute Gasteiger partial charge is 0.350 e. The van der Waals surface area contributed by atoms with Gasteiger partial charge < -0.3 is 20.0 Å². The molecule has 0 unspecified atom stereocenters. The Balaban J connectivity index is 1.80. The zero-order chi connectivity index (χ0) is 22.9. The predicted molar refractivity (Wildman–Crippen MR) is 125 cm³/mol. The summed E-state index contributed by atoms with van der Waals surface area (Å²) in [6, 6.07) is 14.5. The second-order valence-corrected chi connectivity index (χ2v) is 9.76. The lowest BCUT2D eigenvalue weighted by Gasteiger charge is -2.11. The molecule has 2 aromatic carbocycles. The maximum atomic E-state index is 12.5. The lowest BCUT2D eigenvalue weighted by atomic mass is 10.1. The molecular weight excluding hydrogens is 450 g/mol. The molecule has 2 aromatic heterocycles. The summed E-state index contributed by atoms with van der Waals surface area (Å²) in [5, 5.41) is 4.78. The van der Waals surface area contributed by atoms with E-state index in [2.05, 4.69) is 10.3 Å². The topological polar surface area (TPSA) is 121 Å². The highest BCUT2D eigenvalue weighted by atomic mass is 32.2. The molecule has 2 heterocycles. The quantitative estimate of drug-likeness (QED) is 0.309. The molecular formula is C22H21N3O5S2. The number of anilines is 1. The molecule has 0 saturated heterocycles. The van der Waals surface area contributed by atoms with Crippen LogP contribution in [-0.4, -0.2) is 39.1 Å². The minimum absolute atomic E-state index is 0.0419. The maximum Gasteiger partial charge on any atom is 0.350 e. The number of nitrogens with two attached hydrogens (primary N) is 1. The van der Waals surface area contributed by atoms with Crippen LogP contribution < -0.4 is 15.2 Å². The molecule has 0 spiro atoms. The van der Waals surface area contributed by atoms with Crippen molar-refractivity contribution >= 4 is 54.1 Å². The molecule has 166 valence electrons. The lowest BCUT2D eigenvalue weighted by Crippen LogP contribution is -2.25. The SMILES string of the molecule is COC(=O)c1sc2ccc3nc(OS(=O)(=O)c4ccccc4)ccc3c2c1NC[C@H](C)N. The van der Waals surface area contributed by atoms with Crippen LogP contribution in [0.4, 0.5) is 5.69 Å². The molecule has 0 fully saturated rings. The summed E-state index contributed by atoms with van der Waals surface area (Å²) < 4.78 is 36.1. The zero-order valence-corrected chi connectivity index (χ0v) is 19.0. The number of rotatable bonds is 7. The van der Waals surface area contributed by atoms with Gasteiger partial charge in [0, 0.05) is 34.1 Å². The molecule has 10 heteroatoms. The molecule has 0 radical (unpaired) electrons. The van der Waals surface area contributed by atoms with Gasteiger partial charge in [0.15, 0.2) is 0 Å². The number of aromatic nitrogens is 1. The molecule has 0 amide bonds. The Bertz CT molecular complexity index is 1400. The number of carbonyl (C=O) groups excluding carboxylic acids is 1. The highest BCUT2D eigenvalue weighted by molar-refractivity contribution is 7.87. The highest BCUT2D eigenvalue weighted by Gasteiger charge is 2.22. The van der Waals surface area contributed by atoms with Crippen molar-refractivity contribution in [1.82, 2.24) is 4.98 Å². The van der Waals surface area contributed by atoms with Crippen LogP contribution >= 0.6 is 11.3 Å². The summed E-state index contributed by atoms with van der Waals surface area (Å²) in [6.45, 7) is 2.31. The van der Waals surface area contributed by atoms with E-state index in [1.54, 1.807) is 30.3 Å². The van der Waals surface area contributed by atoms with Crippen molar-refractivity contribution in [2.75, 3.05) is 19.0 Å². The third-order valence-electron chi connectivity index (χ3n) is 4.70. The zero-order valence-electron chi connectivity index (χ0n) is 17.4. The Morgan fingerprint density at radius 1 is 1.16 bits per heavy atom. The predicted octanol–water partition coefficient (Wildman–Crippen LogP) is 3.76. The summed E-state index contributed by atoms with van der Waals surface area (Å²) in [5.41, 5.74) is 7.03. The van der Waals surface area contributed by atoms with Gasteiger partial charge >= 0.3 is 16.1 Å². The Morgan fingerprint density at radius 2 is 1.91 bits per heavy atom. The van der Waals surface area contributed by atoms with E-state index in [-0.39, 0.29) is 16.8 Å². The Hall–Kier alpha value is -3.21. The Labute approximate surface area is 189 Å². The summed E-state index contributed by atoms with van der Waals surface area (Å²) in [4.78, 5) is 17.2. The molecule has 4 rings (SSSR count). The minimum Gasteiger partial charge on any atom is -0.465 e. The Kier molecular flexibility index (Phi) is 6.00. The van der Waals surface area contributed by atoms with Gasteiger partial charge in [0.05, 0.1) is 18.3 Å². The summed E-state index contributed by atoms with van der Waals surface area (Å²) in [7, 11) is -2.68. The van der Waals surface area contributed by atoms with Gasteiger partial charge in [-0.15, -0.1) is 11.3 Å². The van der Waals surface area contributed by atoms with E-state index in [9.17, 15) is 13.2 Å². The first-order chi connectivity index (χ1) is 15.3. The van der Waals surface area contributed by atoms with Crippen molar-refractivity contribution in [3.8, 4) is 5.88 Å². The normalized spacial score (nSPS) is 12.6. The van der Waals surface area contributed by atoms with Gasteiger partial charge in [-0.1, -0.05) is 18.2 Å². The van der Waals surface area contributed by atoms with Crippen LogP contribution in [0, 0.1) is 0 Å². The lowest BCUT2D eigenvalue weighted by molar-refractivity contribution is 0.0607. The van der Waals surface area contributed by atoms with Gasteiger partial charge in [0.25, 0.3) is 0 Å². The van der Waals surface area contributed by atoms with Crippen molar-refractivity contribution in [2.24, 2.45) is 5.73 Å². The number of ether oxygens (including phenoxy) is 1. The van der Waals surface area contributed by atoms with E-state index >= 15 is 0 Å². The number of pyridine rings is 1. The number of methoxy groups -OCH3 is 1. The molecule has 0 aliphatic rings. The minimum atomic E-state index is -4.01. The van der Waals surface area contributed by atoms with E-state index in [4.69, 9.17) is 14.7 Å². The largest absolute Gasteiger partial charge is 0.465 e. The number of hydrogen-bond acceptors (Lipinski definition) is 9. The molecule has 0 bridgehead atoms. The van der Waals surface area contributed by atoms with Crippen LogP contribution in [0.3, 0.4) is 0 Å². The van der Waals surface area contributed by atoms with Crippen molar-refractivity contribution in [2.45, 2.75) is 17.9 Å². The van der Waals surface area contributed by atoms with Gasteiger partial charge in [-0.2, -0.15) is 8.42 Å². The maximum absolute atomic E-state index is 12.5. The highest BCUT2D eigenvalue weighted by Crippen LogP contribution is 2.41. The van der Waals surface area contributed by atoms with Crippen molar-refractivity contribution in [3.63, 3.8) is 0 Å². The van der Waals surface area contributed by atoms with Crippen LogP contribution in [0.15, 0.2) is 59.5 Å². The van der Waals surface area contributed by atoms with E-state index in [1.165, 1.54) is 36.6 Å². The third kappa shape index (κ3) is 4.24. The van der Waals surface area contributed by atoms with E-state index < -0.39 is 16.1 Å². The average Bonchev–Trinajstić information content (AvgIpc) is 3.16. The van der Waals surface area contributed by atoms with Crippen LogP contribution in [-0.2, 0) is 14.9 Å². The van der Waals surface area contributed by atoms with Gasteiger partial charge in [0.2, 0.25) is 5.88 Å². The second-order valence-electron chi connectivity index (χ2n) is 7.16. The van der Waals surface area contributed by atoms with Crippen molar-refractivity contribution in [1.29, 1.82) is 0 Å². The molecule has 8 nitrogen and oxygen atoms in total. The summed E-state index contributed by atoms with van der Waals surface area (Å²) in [6.07, 6.45) is 0. The van der Waals surface area contributed by atoms with Crippen LogP contribution in [0.5, 0.6) is 5.88 Å². The van der Waals surface area contributed by atoms with Crippen LogP contribution in [0.2, 0.25) is 0 Å². The first-order valence-corrected chi connectivity index (χ1v) is 12.0. The molecule has 0 saturated carbocycles. The van der Waals surface area contributed by atoms with Crippen molar-refractivity contribution < 1.29 is 22.1 Å². The summed E-state index contributed by atoms with van der Waals surface area (Å²) in [5.74, 6) is -0.498. The van der Waals surface area contributed by atoms with E-state index in [1.807, 2.05) is 13.0 Å². The molecule has 1 atom stereocenters. The first-order valence-electron chi connectivity index (χ1n) is 9.73. The summed E-state index contributed by atoms with van der Waals surface area (Å²) >= 11 is 1.30. The third-order valence-corrected chi connectivity index (χ3v) is 7.07. The van der Waals surface area contributed by atoms with Gasteiger partial charge in [-0.25, -0.2) is 9.78 Å². The number of hydrogen-bond donors (Lipinski definition) is 2. The van der Waals surface area contributed by atoms with Gasteiger partial charge in [0.1, 0.15) is 9.77 Å². The Morgan fingerprint density at radius 3 is 2.59 bits per heavy atom. The molecule has 32 heavy (non-hydrogen) atoms. The van der Waals surface area contributed by atoms with E-state index in [0.717, 1.165) is 15.5 Å². The average molecular weight is 472 g/mol. The number of benzene rings is 2. The van der Waals surface area contributed by atoms with Crippen LogP contribution in [0.1, 0.15) is 16.6 Å². The fourth-order valence-corrected chi connectivity index (χ4v) is 5.26. The first kappa shape index (κ1) is 22.0. The molecule has 0 aliphatic carbocycles.